The Hall–Kier alpha value is -0.870. The molecule has 1 aromatic heterocycles. The minimum Gasteiger partial charge on any atom is -0.311 e. The SMILES string of the molecule is Cn1ccc(CN2CC(C(C)(C)C)NCC2C(C)(C)C)n1. The largest absolute Gasteiger partial charge is 0.311 e. The van der Waals surface area contributed by atoms with Crippen molar-refractivity contribution in [2.24, 2.45) is 17.9 Å². The quantitative estimate of drug-likeness (QED) is 0.910. The molecule has 2 atom stereocenters. The van der Waals surface area contributed by atoms with Gasteiger partial charge in [-0.05, 0) is 16.9 Å². The summed E-state index contributed by atoms with van der Waals surface area (Å²) in [4.78, 5) is 2.62. The van der Waals surface area contributed by atoms with E-state index >= 15 is 0 Å². The molecule has 2 unspecified atom stereocenters. The van der Waals surface area contributed by atoms with Crippen molar-refractivity contribution in [1.82, 2.24) is 20.0 Å². The van der Waals surface area contributed by atoms with E-state index in [0.29, 0.717) is 12.1 Å². The standard InChI is InChI=1S/C17H32N4/c1-16(2,3)14-12-21(11-13-8-9-20(7)19-13)15(10-18-14)17(4,5)6/h8-9,14-15,18H,10-12H2,1-7H3. The fourth-order valence-corrected chi connectivity index (χ4v) is 3.17. The highest BCUT2D eigenvalue weighted by Gasteiger charge is 2.39. The van der Waals surface area contributed by atoms with E-state index < -0.39 is 0 Å². The van der Waals surface area contributed by atoms with Gasteiger partial charge in [-0.2, -0.15) is 5.10 Å². The Morgan fingerprint density at radius 3 is 2.33 bits per heavy atom. The minimum absolute atomic E-state index is 0.268. The summed E-state index contributed by atoms with van der Waals surface area (Å²) in [6, 6.07) is 3.20. The Bertz CT molecular complexity index is 464. The van der Waals surface area contributed by atoms with E-state index in [1.54, 1.807) is 0 Å². The molecule has 120 valence electrons. The predicted octanol–water partition coefficient (Wildman–Crippen LogP) is 2.65. The average Bonchev–Trinajstić information content (AvgIpc) is 2.72. The number of hydrogen-bond acceptors (Lipinski definition) is 3. The summed E-state index contributed by atoms with van der Waals surface area (Å²) in [7, 11) is 1.99. The topological polar surface area (TPSA) is 33.1 Å². The normalized spacial score (nSPS) is 25.3. The van der Waals surface area contributed by atoms with E-state index in [4.69, 9.17) is 0 Å². The molecule has 1 N–H and O–H groups in total. The lowest BCUT2D eigenvalue weighted by Crippen LogP contribution is -2.63. The second-order valence-electron chi connectivity index (χ2n) is 8.62. The molecule has 1 aliphatic rings. The van der Waals surface area contributed by atoms with Crippen LogP contribution in [0.1, 0.15) is 47.2 Å². The van der Waals surface area contributed by atoms with Gasteiger partial charge in [0.15, 0.2) is 0 Å². The third kappa shape index (κ3) is 4.07. The highest BCUT2D eigenvalue weighted by Crippen LogP contribution is 2.31. The lowest BCUT2D eigenvalue weighted by atomic mass is 9.79. The smallest absolute Gasteiger partial charge is 0.0764 e. The predicted molar refractivity (Wildman–Crippen MR) is 88.1 cm³/mol. The minimum atomic E-state index is 0.268. The van der Waals surface area contributed by atoms with Gasteiger partial charge in [0.1, 0.15) is 0 Å². The summed E-state index contributed by atoms with van der Waals surface area (Å²) in [5, 5.41) is 8.33. The maximum absolute atomic E-state index is 4.56. The van der Waals surface area contributed by atoms with E-state index in [0.717, 1.165) is 19.6 Å². The van der Waals surface area contributed by atoms with Gasteiger partial charge in [0, 0.05) is 45.0 Å². The van der Waals surface area contributed by atoms with Crippen LogP contribution in [-0.4, -0.2) is 39.9 Å². The molecule has 1 saturated heterocycles. The number of nitrogens with one attached hydrogen (secondary N) is 1. The maximum Gasteiger partial charge on any atom is 0.0764 e. The first-order valence-corrected chi connectivity index (χ1v) is 8.03. The molecule has 0 saturated carbocycles. The summed E-state index contributed by atoms with van der Waals surface area (Å²) in [6.45, 7) is 17.0. The van der Waals surface area contributed by atoms with Crippen molar-refractivity contribution in [3.63, 3.8) is 0 Å². The fraction of sp³-hybridized carbons (Fsp3) is 0.824. The Morgan fingerprint density at radius 1 is 1.19 bits per heavy atom. The van der Waals surface area contributed by atoms with E-state index in [1.807, 2.05) is 17.9 Å². The molecule has 1 fully saturated rings. The van der Waals surface area contributed by atoms with E-state index in [2.05, 4.69) is 62.9 Å². The van der Waals surface area contributed by atoms with Crippen LogP contribution in [0.5, 0.6) is 0 Å². The van der Waals surface area contributed by atoms with Crippen LogP contribution in [-0.2, 0) is 13.6 Å². The van der Waals surface area contributed by atoms with Crippen molar-refractivity contribution in [2.75, 3.05) is 13.1 Å². The molecule has 1 aliphatic heterocycles. The molecule has 4 nitrogen and oxygen atoms in total. The van der Waals surface area contributed by atoms with Crippen LogP contribution in [0.4, 0.5) is 0 Å². The van der Waals surface area contributed by atoms with Gasteiger partial charge in [0.2, 0.25) is 0 Å². The lowest BCUT2D eigenvalue weighted by molar-refractivity contribution is 0.0239. The van der Waals surface area contributed by atoms with Crippen molar-refractivity contribution < 1.29 is 0 Å². The highest BCUT2D eigenvalue weighted by molar-refractivity contribution is 5.03. The second kappa shape index (κ2) is 5.73. The van der Waals surface area contributed by atoms with Crippen LogP contribution >= 0.6 is 0 Å². The molecule has 0 amide bonds. The Balaban J connectivity index is 2.16. The van der Waals surface area contributed by atoms with Gasteiger partial charge in [-0.25, -0.2) is 0 Å². The molecular weight excluding hydrogens is 260 g/mol. The number of aryl methyl sites for hydroxylation is 1. The molecule has 0 aliphatic carbocycles. The molecule has 21 heavy (non-hydrogen) atoms. The monoisotopic (exact) mass is 292 g/mol. The zero-order valence-electron chi connectivity index (χ0n) is 14.8. The molecule has 2 rings (SSSR count). The van der Waals surface area contributed by atoms with Gasteiger partial charge < -0.3 is 5.32 Å². The third-order valence-electron chi connectivity index (χ3n) is 4.59. The number of rotatable bonds is 2. The molecule has 1 aromatic rings. The molecule has 4 heteroatoms. The van der Waals surface area contributed by atoms with Gasteiger partial charge in [0.25, 0.3) is 0 Å². The summed E-state index contributed by atoms with van der Waals surface area (Å²) < 4.78 is 1.89. The van der Waals surface area contributed by atoms with E-state index in [9.17, 15) is 0 Å². The van der Waals surface area contributed by atoms with Gasteiger partial charge in [-0.15, -0.1) is 0 Å². The van der Waals surface area contributed by atoms with Crippen molar-refractivity contribution in [2.45, 2.75) is 60.2 Å². The van der Waals surface area contributed by atoms with E-state index in [1.165, 1.54) is 5.69 Å². The van der Waals surface area contributed by atoms with Crippen molar-refractivity contribution in [3.05, 3.63) is 18.0 Å². The molecule has 0 radical (unpaired) electrons. The Morgan fingerprint density at radius 2 is 1.86 bits per heavy atom. The molecule has 0 spiro atoms. The zero-order valence-corrected chi connectivity index (χ0v) is 14.8. The maximum atomic E-state index is 4.56. The van der Waals surface area contributed by atoms with Crippen LogP contribution in [0.3, 0.4) is 0 Å². The number of nitrogens with zero attached hydrogens (tertiary/aromatic N) is 3. The lowest BCUT2D eigenvalue weighted by Gasteiger charge is -2.49. The molecule has 0 bridgehead atoms. The number of hydrogen-bond donors (Lipinski definition) is 1. The van der Waals surface area contributed by atoms with Crippen LogP contribution in [0, 0.1) is 10.8 Å². The van der Waals surface area contributed by atoms with E-state index in [-0.39, 0.29) is 10.8 Å². The van der Waals surface area contributed by atoms with Crippen LogP contribution < -0.4 is 5.32 Å². The molecule has 2 heterocycles. The van der Waals surface area contributed by atoms with Crippen LogP contribution in [0.25, 0.3) is 0 Å². The fourth-order valence-electron chi connectivity index (χ4n) is 3.17. The van der Waals surface area contributed by atoms with Crippen molar-refractivity contribution >= 4 is 0 Å². The number of piperazine rings is 1. The first-order chi connectivity index (χ1) is 9.57. The summed E-state index contributed by atoms with van der Waals surface area (Å²) >= 11 is 0. The second-order valence-corrected chi connectivity index (χ2v) is 8.62. The van der Waals surface area contributed by atoms with Gasteiger partial charge in [-0.3, -0.25) is 9.58 Å². The first-order valence-electron chi connectivity index (χ1n) is 8.03. The summed E-state index contributed by atoms with van der Waals surface area (Å²) in [6.07, 6.45) is 2.03. The average molecular weight is 292 g/mol. The van der Waals surface area contributed by atoms with Crippen LogP contribution in [0.2, 0.25) is 0 Å². The van der Waals surface area contributed by atoms with Gasteiger partial charge in [0.05, 0.1) is 5.69 Å². The first kappa shape index (κ1) is 16.5. The Labute approximate surface area is 129 Å². The zero-order chi connectivity index (χ0) is 15.8. The summed E-state index contributed by atoms with van der Waals surface area (Å²) in [5.74, 6) is 0. The van der Waals surface area contributed by atoms with Crippen LogP contribution in [0.15, 0.2) is 12.3 Å². The highest BCUT2D eigenvalue weighted by atomic mass is 15.3. The Kier molecular flexibility index (Phi) is 4.50. The molecule has 0 aromatic carbocycles. The number of aromatic nitrogens is 2. The molecular formula is C17H32N4. The van der Waals surface area contributed by atoms with Crippen molar-refractivity contribution in [3.8, 4) is 0 Å². The van der Waals surface area contributed by atoms with Gasteiger partial charge in [-0.1, -0.05) is 41.5 Å². The summed E-state index contributed by atoms with van der Waals surface area (Å²) in [5.41, 5.74) is 1.72. The van der Waals surface area contributed by atoms with Gasteiger partial charge >= 0.3 is 0 Å². The third-order valence-corrected chi connectivity index (χ3v) is 4.59. The van der Waals surface area contributed by atoms with Crippen molar-refractivity contribution in [1.29, 1.82) is 0 Å².